The van der Waals surface area contributed by atoms with E-state index in [4.69, 9.17) is 26.8 Å². The standard InChI is InChI=1S/C18H23ClN6O6S/c19-13-3-7-15(8-4-13)32(28,29)21-10-9-12-1-5-14(6-2-12)30-11-16(26)31-18(17(20)27)22-24-25-23-18/h3-4,7-8,12,14,21H,1-2,5-6,9-11H2,(H2,20,27). The summed E-state index contributed by atoms with van der Waals surface area (Å²) >= 11 is 5.79. The van der Waals surface area contributed by atoms with Gasteiger partial charge in [-0.1, -0.05) is 21.8 Å². The molecule has 1 aromatic carbocycles. The summed E-state index contributed by atoms with van der Waals surface area (Å²) in [5.74, 6) is -3.88. The van der Waals surface area contributed by atoms with Gasteiger partial charge in [-0.25, -0.2) is 17.9 Å². The monoisotopic (exact) mass is 486 g/mol. The van der Waals surface area contributed by atoms with Crippen molar-refractivity contribution in [2.45, 2.75) is 49.0 Å². The summed E-state index contributed by atoms with van der Waals surface area (Å²) in [6, 6.07) is 5.98. The Kier molecular flexibility index (Phi) is 7.87. The van der Waals surface area contributed by atoms with Gasteiger partial charge in [0.2, 0.25) is 10.0 Å². The van der Waals surface area contributed by atoms with Crippen LogP contribution in [0.1, 0.15) is 32.1 Å². The molecule has 174 valence electrons. The number of nitrogens with one attached hydrogen (secondary N) is 1. The first-order chi connectivity index (χ1) is 15.2. The Morgan fingerprint density at radius 1 is 1.12 bits per heavy atom. The van der Waals surface area contributed by atoms with Crippen LogP contribution in [-0.4, -0.2) is 45.4 Å². The van der Waals surface area contributed by atoms with Gasteiger partial charge < -0.3 is 15.2 Å². The van der Waals surface area contributed by atoms with Gasteiger partial charge >= 0.3 is 17.7 Å². The Hall–Kier alpha value is -2.48. The van der Waals surface area contributed by atoms with Gasteiger partial charge in [-0.3, -0.25) is 4.79 Å². The number of hydrogen-bond donors (Lipinski definition) is 2. The van der Waals surface area contributed by atoms with Crippen molar-refractivity contribution in [3.8, 4) is 0 Å². The second kappa shape index (κ2) is 10.4. The van der Waals surface area contributed by atoms with E-state index in [1.807, 2.05) is 0 Å². The van der Waals surface area contributed by atoms with E-state index in [9.17, 15) is 18.0 Å². The first-order valence-corrected chi connectivity index (χ1v) is 11.8. The van der Waals surface area contributed by atoms with E-state index in [0.717, 1.165) is 12.8 Å². The number of nitrogens with zero attached hydrogens (tertiary/aromatic N) is 4. The fourth-order valence-electron chi connectivity index (χ4n) is 3.43. The lowest BCUT2D eigenvalue weighted by Gasteiger charge is -2.28. The van der Waals surface area contributed by atoms with Crippen LogP contribution in [-0.2, 0) is 29.1 Å². The molecule has 0 bridgehead atoms. The van der Waals surface area contributed by atoms with Crippen molar-refractivity contribution in [1.29, 1.82) is 0 Å². The van der Waals surface area contributed by atoms with Gasteiger partial charge in [0.05, 0.1) is 11.0 Å². The van der Waals surface area contributed by atoms with Crippen LogP contribution in [0.3, 0.4) is 0 Å². The Labute approximate surface area is 189 Å². The lowest BCUT2D eigenvalue weighted by atomic mass is 9.85. The number of carbonyl (C=O) groups is 2. The Morgan fingerprint density at radius 3 is 2.34 bits per heavy atom. The van der Waals surface area contributed by atoms with Crippen LogP contribution in [0.25, 0.3) is 0 Å². The molecule has 0 saturated heterocycles. The van der Waals surface area contributed by atoms with Crippen molar-refractivity contribution in [3.05, 3.63) is 29.3 Å². The molecule has 0 radical (unpaired) electrons. The summed E-state index contributed by atoms with van der Waals surface area (Å²) in [5.41, 5.74) is 5.13. The van der Waals surface area contributed by atoms with E-state index in [2.05, 4.69) is 25.4 Å². The average molecular weight is 487 g/mol. The maximum atomic E-state index is 12.3. The number of ether oxygens (including phenoxy) is 2. The number of hydrogen-bond acceptors (Lipinski definition) is 10. The highest BCUT2D eigenvalue weighted by atomic mass is 35.5. The van der Waals surface area contributed by atoms with Gasteiger partial charge in [0.15, 0.2) is 0 Å². The maximum Gasteiger partial charge on any atom is 0.421 e. The van der Waals surface area contributed by atoms with Crippen LogP contribution in [0, 0.1) is 5.92 Å². The molecule has 1 aliphatic carbocycles. The van der Waals surface area contributed by atoms with Crippen molar-refractivity contribution in [1.82, 2.24) is 4.72 Å². The van der Waals surface area contributed by atoms with Crippen molar-refractivity contribution in [3.63, 3.8) is 0 Å². The second-order valence-electron chi connectivity index (χ2n) is 7.42. The lowest BCUT2D eigenvalue weighted by Crippen LogP contribution is -2.44. The molecular formula is C18H23ClN6O6S. The third-order valence-corrected chi connectivity index (χ3v) is 6.91. The number of halogens is 1. The van der Waals surface area contributed by atoms with Crippen molar-refractivity contribution >= 4 is 33.5 Å². The normalized spacial score (nSPS) is 22.0. The minimum Gasteiger partial charge on any atom is -0.404 e. The van der Waals surface area contributed by atoms with Crippen LogP contribution in [0.2, 0.25) is 5.02 Å². The van der Waals surface area contributed by atoms with Crippen LogP contribution in [0.5, 0.6) is 0 Å². The minimum absolute atomic E-state index is 0.152. The Morgan fingerprint density at radius 2 is 1.75 bits per heavy atom. The molecule has 0 atom stereocenters. The number of benzene rings is 1. The number of amides is 1. The largest absolute Gasteiger partial charge is 0.421 e. The molecule has 14 heteroatoms. The fourth-order valence-corrected chi connectivity index (χ4v) is 4.60. The topological polar surface area (TPSA) is 174 Å². The number of nitrogens with two attached hydrogens (primary N) is 1. The maximum absolute atomic E-state index is 12.3. The fraction of sp³-hybridized carbons (Fsp3) is 0.556. The first kappa shape index (κ1) is 24.2. The van der Waals surface area contributed by atoms with E-state index in [1.165, 1.54) is 24.3 Å². The van der Waals surface area contributed by atoms with Crippen LogP contribution < -0.4 is 10.5 Å². The van der Waals surface area contributed by atoms with Crippen molar-refractivity contribution in [2.75, 3.05) is 13.2 Å². The summed E-state index contributed by atoms with van der Waals surface area (Å²) in [6.07, 6.45) is 3.62. The third kappa shape index (κ3) is 6.28. The molecule has 12 nitrogen and oxygen atoms in total. The summed E-state index contributed by atoms with van der Waals surface area (Å²) < 4.78 is 37.6. The Balaban J connectivity index is 1.35. The SMILES string of the molecule is NC(=O)C1(OC(=O)COC2CCC(CCNS(=O)(=O)c3ccc(Cl)cc3)CC2)N=NN=N1. The number of carbonyl (C=O) groups excluding carboxylic acids is 2. The zero-order chi connectivity index (χ0) is 23.2. The highest BCUT2D eigenvalue weighted by molar-refractivity contribution is 7.89. The molecule has 3 N–H and O–H groups in total. The molecule has 1 aliphatic heterocycles. The molecule has 1 heterocycles. The van der Waals surface area contributed by atoms with Gasteiger partial charge in [-0.15, -0.1) is 0 Å². The van der Waals surface area contributed by atoms with Crippen LogP contribution >= 0.6 is 11.6 Å². The van der Waals surface area contributed by atoms with Crippen molar-refractivity contribution in [2.24, 2.45) is 32.3 Å². The molecule has 32 heavy (non-hydrogen) atoms. The van der Waals surface area contributed by atoms with Gasteiger partial charge in [0, 0.05) is 11.6 Å². The molecule has 0 aromatic heterocycles. The second-order valence-corrected chi connectivity index (χ2v) is 9.62. The van der Waals surface area contributed by atoms with Crippen LogP contribution in [0.15, 0.2) is 49.8 Å². The number of primary amides is 1. The van der Waals surface area contributed by atoms with Crippen LogP contribution in [0.4, 0.5) is 0 Å². The predicted molar refractivity (Wildman–Crippen MR) is 111 cm³/mol. The molecule has 1 saturated carbocycles. The first-order valence-electron chi connectivity index (χ1n) is 9.93. The lowest BCUT2D eigenvalue weighted by molar-refractivity contribution is -0.172. The van der Waals surface area contributed by atoms with E-state index in [-0.39, 0.29) is 11.0 Å². The van der Waals surface area contributed by atoms with E-state index >= 15 is 0 Å². The summed E-state index contributed by atoms with van der Waals surface area (Å²) in [5, 5.41) is 13.5. The van der Waals surface area contributed by atoms with Crippen molar-refractivity contribution < 1.29 is 27.5 Å². The van der Waals surface area contributed by atoms with E-state index < -0.39 is 34.4 Å². The Bertz CT molecular complexity index is 980. The van der Waals surface area contributed by atoms with Gasteiger partial charge in [-0.05, 0) is 72.7 Å². The third-order valence-electron chi connectivity index (χ3n) is 5.18. The number of sulfonamides is 1. The van der Waals surface area contributed by atoms with Gasteiger partial charge in [0.1, 0.15) is 6.61 Å². The molecule has 0 unspecified atom stereocenters. The van der Waals surface area contributed by atoms with E-state index in [0.29, 0.717) is 36.7 Å². The number of rotatable bonds is 10. The highest BCUT2D eigenvalue weighted by Crippen LogP contribution is 2.29. The zero-order valence-electron chi connectivity index (χ0n) is 17.0. The van der Waals surface area contributed by atoms with Gasteiger partial charge in [0.25, 0.3) is 0 Å². The summed E-state index contributed by atoms with van der Waals surface area (Å²) in [4.78, 5) is 23.5. The molecule has 1 aromatic rings. The predicted octanol–water partition coefficient (Wildman–Crippen LogP) is 2.10. The zero-order valence-corrected chi connectivity index (χ0v) is 18.6. The quantitative estimate of drug-likeness (QED) is 0.478. The minimum atomic E-state index is -3.57. The molecule has 1 amide bonds. The summed E-state index contributed by atoms with van der Waals surface area (Å²) in [6.45, 7) is -0.0674. The molecule has 0 spiro atoms. The van der Waals surface area contributed by atoms with E-state index in [1.54, 1.807) is 0 Å². The van der Waals surface area contributed by atoms with Gasteiger partial charge in [-0.2, -0.15) is 0 Å². The smallest absolute Gasteiger partial charge is 0.404 e. The number of esters is 1. The summed E-state index contributed by atoms with van der Waals surface area (Å²) in [7, 11) is -3.57. The highest BCUT2D eigenvalue weighted by Gasteiger charge is 2.45. The molecular weight excluding hydrogens is 464 g/mol. The molecule has 3 rings (SSSR count). The average Bonchev–Trinajstić information content (AvgIpc) is 3.23. The molecule has 1 fully saturated rings. The molecule has 2 aliphatic rings.